The maximum atomic E-state index is 12.2. The van der Waals surface area contributed by atoms with E-state index in [9.17, 15) is 14.7 Å². The van der Waals surface area contributed by atoms with E-state index >= 15 is 0 Å². The number of hydrogen-bond acceptors (Lipinski definition) is 5. The Hall–Kier alpha value is -3.09. The summed E-state index contributed by atoms with van der Waals surface area (Å²) in [5, 5.41) is 9.35. The van der Waals surface area contributed by atoms with Crippen LogP contribution in [-0.4, -0.2) is 45.6 Å². The summed E-state index contributed by atoms with van der Waals surface area (Å²) < 4.78 is 11.8. The van der Waals surface area contributed by atoms with Crippen LogP contribution in [0, 0.1) is 0 Å². The summed E-state index contributed by atoms with van der Waals surface area (Å²) in [6, 6.07) is 6.30. The van der Waals surface area contributed by atoms with E-state index in [0.717, 1.165) is 25.1 Å². The fraction of sp³-hybridized carbons (Fsp3) is 0.350. The number of amides is 1. The maximum Gasteiger partial charge on any atom is 0.335 e. The van der Waals surface area contributed by atoms with Crippen molar-refractivity contribution in [3.05, 3.63) is 47.3 Å². The summed E-state index contributed by atoms with van der Waals surface area (Å²) in [4.78, 5) is 29.5. The second-order valence-electron chi connectivity index (χ2n) is 7.42. The third-order valence-electron chi connectivity index (χ3n) is 4.73. The highest BCUT2D eigenvalue weighted by molar-refractivity contribution is 5.92. The van der Waals surface area contributed by atoms with Gasteiger partial charge < -0.3 is 19.5 Å². The Balaban J connectivity index is 1.61. The molecule has 0 bridgehead atoms. The molecule has 1 aromatic heterocycles. The summed E-state index contributed by atoms with van der Waals surface area (Å²) in [5.41, 5.74) is 0.865. The lowest BCUT2D eigenvalue weighted by molar-refractivity contribution is 0.0644. The second kappa shape index (κ2) is 6.26. The lowest BCUT2D eigenvalue weighted by Gasteiger charge is -2.30. The molecule has 0 radical (unpaired) electrons. The smallest absolute Gasteiger partial charge is 0.335 e. The molecule has 1 saturated heterocycles. The van der Waals surface area contributed by atoms with E-state index in [-0.39, 0.29) is 11.5 Å². The first-order valence-corrected chi connectivity index (χ1v) is 8.85. The van der Waals surface area contributed by atoms with Crippen LogP contribution in [0.2, 0.25) is 0 Å². The summed E-state index contributed by atoms with van der Waals surface area (Å²) in [5.74, 6) is 0.248. The van der Waals surface area contributed by atoms with E-state index in [0.29, 0.717) is 29.4 Å². The molecule has 2 aliphatic rings. The Kier molecular flexibility index (Phi) is 4.02. The van der Waals surface area contributed by atoms with Gasteiger partial charge in [0.1, 0.15) is 28.5 Å². The normalized spacial score (nSPS) is 16.9. The number of pyridine rings is 1. The van der Waals surface area contributed by atoms with Crippen molar-refractivity contribution in [1.82, 2.24) is 9.88 Å². The van der Waals surface area contributed by atoms with Crippen molar-refractivity contribution in [3.63, 3.8) is 0 Å². The molecule has 1 amide bonds. The van der Waals surface area contributed by atoms with Gasteiger partial charge >= 0.3 is 5.97 Å². The SMILES string of the molecule is CC1(C)Cc2c(Oc3ccc(C(=O)N4CCC4)nc3)cc(C(=O)O)cc2O1. The minimum atomic E-state index is -1.05. The molecule has 0 atom stereocenters. The molecule has 1 fully saturated rings. The maximum absolute atomic E-state index is 12.2. The number of ether oxygens (including phenoxy) is 2. The topological polar surface area (TPSA) is 89.0 Å². The van der Waals surface area contributed by atoms with Gasteiger partial charge in [-0.1, -0.05) is 0 Å². The number of likely N-dealkylation sites (tertiary alicyclic amines) is 1. The quantitative estimate of drug-likeness (QED) is 0.892. The van der Waals surface area contributed by atoms with Crippen molar-refractivity contribution in [2.45, 2.75) is 32.3 Å². The van der Waals surface area contributed by atoms with E-state index in [1.807, 2.05) is 13.8 Å². The molecule has 7 heteroatoms. The highest BCUT2D eigenvalue weighted by Gasteiger charge is 2.34. The van der Waals surface area contributed by atoms with Crippen molar-refractivity contribution < 1.29 is 24.2 Å². The number of nitrogens with zero attached hydrogens (tertiary/aromatic N) is 2. The molecule has 1 aromatic carbocycles. The Morgan fingerprint density at radius 2 is 2.04 bits per heavy atom. The van der Waals surface area contributed by atoms with Crippen LogP contribution in [-0.2, 0) is 6.42 Å². The fourth-order valence-corrected chi connectivity index (χ4v) is 3.23. The Bertz CT molecular complexity index is 917. The number of fused-ring (bicyclic) bond motifs is 1. The number of carboxylic acids is 1. The van der Waals surface area contributed by atoms with Gasteiger partial charge in [-0.25, -0.2) is 9.78 Å². The van der Waals surface area contributed by atoms with Gasteiger partial charge in [0.15, 0.2) is 0 Å². The molecule has 0 unspecified atom stereocenters. The molecule has 2 aliphatic heterocycles. The predicted molar refractivity (Wildman–Crippen MR) is 96.6 cm³/mol. The third kappa shape index (κ3) is 3.32. The van der Waals surface area contributed by atoms with E-state index in [1.165, 1.54) is 18.3 Å². The van der Waals surface area contributed by atoms with Gasteiger partial charge in [0, 0.05) is 25.1 Å². The lowest BCUT2D eigenvalue weighted by Crippen LogP contribution is -2.42. The van der Waals surface area contributed by atoms with Crippen molar-refractivity contribution in [2.75, 3.05) is 13.1 Å². The fourth-order valence-electron chi connectivity index (χ4n) is 3.23. The number of rotatable bonds is 4. The molecule has 0 aliphatic carbocycles. The Labute approximate surface area is 156 Å². The van der Waals surface area contributed by atoms with Gasteiger partial charge in [0.2, 0.25) is 0 Å². The van der Waals surface area contributed by atoms with E-state index in [4.69, 9.17) is 9.47 Å². The van der Waals surface area contributed by atoms with Crippen molar-refractivity contribution in [3.8, 4) is 17.2 Å². The van der Waals surface area contributed by atoms with Crippen LogP contribution in [0.5, 0.6) is 17.2 Å². The zero-order valence-corrected chi connectivity index (χ0v) is 15.2. The number of hydrogen-bond donors (Lipinski definition) is 1. The van der Waals surface area contributed by atoms with Gasteiger partial charge in [-0.15, -0.1) is 0 Å². The number of carbonyl (C=O) groups excluding carboxylic acids is 1. The molecule has 4 rings (SSSR count). The summed E-state index contributed by atoms with van der Waals surface area (Å²) in [6.07, 6.45) is 3.11. The van der Waals surface area contributed by atoms with Crippen LogP contribution >= 0.6 is 0 Å². The van der Waals surface area contributed by atoms with E-state index < -0.39 is 11.6 Å². The number of benzene rings is 1. The van der Waals surface area contributed by atoms with Crippen molar-refractivity contribution in [1.29, 1.82) is 0 Å². The zero-order chi connectivity index (χ0) is 19.2. The summed E-state index contributed by atoms with van der Waals surface area (Å²) >= 11 is 0. The molecule has 27 heavy (non-hydrogen) atoms. The van der Waals surface area contributed by atoms with Gasteiger partial charge in [-0.3, -0.25) is 4.79 Å². The highest BCUT2D eigenvalue weighted by Crippen LogP contribution is 2.42. The minimum Gasteiger partial charge on any atom is -0.487 e. The van der Waals surface area contributed by atoms with Gasteiger partial charge in [0.05, 0.1) is 11.8 Å². The average molecular weight is 368 g/mol. The summed E-state index contributed by atoms with van der Waals surface area (Å²) in [7, 11) is 0. The molecule has 2 aromatic rings. The van der Waals surface area contributed by atoms with Gasteiger partial charge in [-0.2, -0.15) is 0 Å². The van der Waals surface area contributed by atoms with Crippen LogP contribution < -0.4 is 9.47 Å². The number of aromatic nitrogens is 1. The van der Waals surface area contributed by atoms with Crippen LogP contribution in [0.1, 0.15) is 46.7 Å². The number of carbonyl (C=O) groups is 2. The average Bonchev–Trinajstić information content (AvgIpc) is 2.88. The van der Waals surface area contributed by atoms with Crippen LogP contribution in [0.15, 0.2) is 30.5 Å². The molecule has 7 nitrogen and oxygen atoms in total. The van der Waals surface area contributed by atoms with Crippen molar-refractivity contribution in [2.24, 2.45) is 0 Å². The minimum absolute atomic E-state index is 0.0864. The van der Waals surface area contributed by atoms with Crippen LogP contribution in [0.3, 0.4) is 0 Å². The first-order valence-electron chi connectivity index (χ1n) is 8.85. The summed E-state index contributed by atoms with van der Waals surface area (Å²) in [6.45, 7) is 5.41. The Morgan fingerprint density at radius 3 is 2.63 bits per heavy atom. The van der Waals surface area contributed by atoms with Crippen LogP contribution in [0.4, 0.5) is 0 Å². The van der Waals surface area contributed by atoms with Crippen LogP contribution in [0.25, 0.3) is 0 Å². The standard InChI is InChI=1S/C20H20N2O5/c1-20(2)10-14-16(8-12(19(24)25)9-17(14)27-20)26-13-4-5-15(21-11-13)18(23)22-6-3-7-22/h4-5,8-9,11H,3,6-7,10H2,1-2H3,(H,24,25). The van der Waals surface area contributed by atoms with Crippen molar-refractivity contribution >= 4 is 11.9 Å². The third-order valence-corrected chi connectivity index (χ3v) is 4.73. The molecule has 0 spiro atoms. The lowest BCUT2D eigenvalue weighted by atomic mass is 10.00. The van der Waals surface area contributed by atoms with E-state index in [2.05, 4.69) is 4.98 Å². The highest BCUT2D eigenvalue weighted by atomic mass is 16.5. The largest absolute Gasteiger partial charge is 0.487 e. The molecule has 140 valence electrons. The first kappa shape index (κ1) is 17.3. The molecule has 3 heterocycles. The molecular formula is C20H20N2O5. The monoisotopic (exact) mass is 368 g/mol. The molecule has 1 N–H and O–H groups in total. The Morgan fingerprint density at radius 1 is 1.26 bits per heavy atom. The van der Waals surface area contributed by atoms with Gasteiger partial charge in [0.25, 0.3) is 5.91 Å². The van der Waals surface area contributed by atoms with E-state index in [1.54, 1.807) is 17.0 Å². The van der Waals surface area contributed by atoms with Gasteiger partial charge in [-0.05, 0) is 44.5 Å². The molecule has 0 saturated carbocycles. The number of carboxylic acid groups (broad SMARTS) is 1. The first-order chi connectivity index (χ1) is 12.8. The molecular weight excluding hydrogens is 348 g/mol. The number of aromatic carboxylic acids is 1. The predicted octanol–water partition coefficient (Wildman–Crippen LogP) is 3.13. The second-order valence-corrected chi connectivity index (χ2v) is 7.42. The zero-order valence-electron chi connectivity index (χ0n) is 15.2.